The van der Waals surface area contributed by atoms with Gasteiger partial charge in [-0.25, -0.2) is 0 Å². The molecular formula is C8H15BBrN3O. The van der Waals surface area contributed by atoms with Gasteiger partial charge in [0.15, 0.2) is 0 Å². The van der Waals surface area contributed by atoms with E-state index >= 15 is 0 Å². The summed E-state index contributed by atoms with van der Waals surface area (Å²) in [6, 6.07) is 0. The van der Waals surface area contributed by atoms with E-state index in [1.54, 1.807) is 13.0 Å². The molecule has 0 aliphatic rings. The lowest BCUT2D eigenvalue weighted by molar-refractivity contribution is 0.357. The summed E-state index contributed by atoms with van der Waals surface area (Å²) in [6.07, 6.45) is 3.69. The minimum absolute atomic E-state index is 0.390. The Labute approximate surface area is 93.2 Å². The van der Waals surface area contributed by atoms with Crippen LogP contribution in [0.25, 0.3) is 0 Å². The third kappa shape index (κ3) is 3.44. The molecule has 1 aromatic rings. The van der Waals surface area contributed by atoms with E-state index in [9.17, 15) is 5.02 Å². The second kappa shape index (κ2) is 5.53. The predicted octanol–water partition coefficient (Wildman–Crippen LogP) is 1.08. The van der Waals surface area contributed by atoms with Crippen molar-refractivity contribution in [2.75, 3.05) is 13.1 Å². The normalized spacial score (nSPS) is 10.9. The molecule has 0 spiro atoms. The van der Waals surface area contributed by atoms with Gasteiger partial charge < -0.3 is 9.83 Å². The van der Waals surface area contributed by atoms with Crippen LogP contribution in [0.1, 0.15) is 6.92 Å². The Balaban J connectivity index is 2.39. The van der Waals surface area contributed by atoms with E-state index in [0.717, 1.165) is 24.1 Å². The molecule has 0 atom stereocenters. The topological polar surface area (TPSA) is 41.3 Å². The highest BCUT2D eigenvalue weighted by Crippen LogP contribution is 2.06. The number of hydrogen-bond donors (Lipinski definition) is 1. The van der Waals surface area contributed by atoms with Crippen molar-refractivity contribution in [2.24, 2.45) is 0 Å². The molecule has 14 heavy (non-hydrogen) atoms. The molecule has 0 aliphatic carbocycles. The molecule has 0 bridgehead atoms. The summed E-state index contributed by atoms with van der Waals surface area (Å²) in [4.78, 5) is 1.98. The minimum Gasteiger partial charge on any atom is -0.437 e. The first-order valence-corrected chi connectivity index (χ1v) is 5.53. The Morgan fingerprint density at radius 2 is 2.43 bits per heavy atom. The summed E-state index contributed by atoms with van der Waals surface area (Å²) in [5.74, 6) is 0. The van der Waals surface area contributed by atoms with Crippen LogP contribution < -0.4 is 0 Å². The van der Waals surface area contributed by atoms with Crippen LogP contribution in [-0.2, 0) is 6.54 Å². The van der Waals surface area contributed by atoms with E-state index in [4.69, 9.17) is 0 Å². The van der Waals surface area contributed by atoms with Gasteiger partial charge in [-0.15, -0.1) is 0 Å². The van der Waals surface area contributed by atoms with Gasteiger partial charge in [-0.1, -0.05) is 6.92 Å². The van der Waals surface area contributed by atoms with Gasteiger partial charge in [0, 0.05) is 12.7 Å². The van der Waals surface area contributed by atoms with E-state index in [2.05, 4.69) is 21.0 Å². The van der Waals surface area contributed by atoms with Crippen LogP contribution in [0.4, 0.5) is 0 Å². The molecule has 0 amide bonds. The van der Waals surface area contributed by atoms with Crippen LogP contribution in [-0.4, -0.2) is 39.8 Å². The smallest absolute Gasteiger partial charge is 0.376 e. The van der Waals surface area contributed by atoms with Gasteiger partial charge in [0.05, 0.1) is 17.2 Å². The van der Waals surface area contributed by atoms with Crippen molar-refractivity contribution >= 4 is 23.0 Å². The van der Waals surface area contributed by atoms with Crippen LogP contribution in [0.5, 0.6) is 0 Å². The van der Waals surface area contributed by atoms with E-state index in [1.165, 1.54) is 0 Å². The first-order chi connectivity index (χ1) is 6.63. The molecule has 6 heteroatoms. The fraction of sp³-hybridized carbons (Fsp3) is 0.625. The molecule has 0 unspecified atom stereocenters. The van der Waals surface area contributed by atoms with Crippen molar-refractivity contribution < 1.29 is 5.02 Å². The van der Waals surface area contributed by atoms with Gasteiger partial charge in [0.1, 0.15) is 0 Å². The molecule has 78 valence electrons. The zero-order valence-electron chi connectivity index (χ0n) is 8.52. The van der Waals surface area contributed by atoms with Crippen LogP contribution in [0.15, 0.2) is 16.9 Å². The predicted molar refractivity (Wildman–Crippen MR) is 61.0 cm³/mol. The van der Waals surface area contributed by atoms with E-state index < -0.39 is 0 Å². The number of hydrogen-bond acceptors (Lipinski definition) is 3. The van der Waals surface area contributed by atoms with Crippen molar-refractivity contribution in [3.8, 4) is 0 Å². The highest BCUT2D eigenvalue weighted by molar-refractivity contribution is 9.10. The number of likely N-dealkylation sites (N-methyl/N-ethyl adjacent to an activating group) is 1. The Morgan fingerprint density at radius 1 is 1.71 bits per heavy atom. The fourth-order valence-electron chi connectivity index (χ4n) is 1.30. The lowest BCUT2D eigenvalue weighted by Crippen LogP contribution is -2.39. The molecule has 0 aromatic carbocycles. The number of aromatic nitrogens is 2. The molecule has 0 fully saturated rings. The third-order valence-corrected chi connectivity index (χ3v) is 2.56. The zero-order valence-corrected chi connectivity index (χ0v) is 10.1. The molecule has 4 nitrogen and oxygen atoms in total. The monoisotopic (exact) mass is 259 g/mol. The van der Waals surface area contributed by atoms with E-state index in [0.29, 0.717) is 0 Å². The van der Waals surface area contributed by atoms with E-state index in [1.807, 2.05) is 22.6 Å². The van der Waals surface area contributed by atoms with Crippen LogP contribution in [0.2, 0.25) is 6.82 Å². The SMILES string of the molecule is CCN(CCn1cc(Br)cn1)B(C)O. The van der Waals surface area contributed by atoms with Crippen molar-refractivity contribution in [3.05, 3.63) is 16.9 Å². The molecular weight excluding hydrogens is 245 g/mol. The molecule has 1 aromatic heterocycles. The molecule has 1 N–H and O–H groups in total. The average Bonchev–Trinajstić information content (AvgIpc) is 2.52. The molecule has 0 saturated carbocycles. The van der Waals surface area contributed by atoms with Crippen molar-refractivity contribution in [2.45, 2.75) is 20.3 Å². The second-order valence-corrected chi connectivity index (χ2v) is 4.10. The Bertz CT molecular complexity index is 279. The Hall–Kier alpha value is -0.325. The first kappa shape index (κ1) is 11.7. The van der Waals surface area contributed by atoms with Crippen LogP contribution in [0, 0.1) is 0 Å². The summed E-state index contributed by atoms with van der Waals surface area (Å²) < 4.78 is 2.84. The Kier molecular flexibility index (Phi) is 4.64. The highest BCUT2D eigenvalue weighted by atomic mass is 79.9. The zero-order chi connectivity index (χ0) is 10.6. The molecule has 0 saturated heterocycles. The number of halogens is 1. The molecule has 1 rings (SSSR count). The molecule has 0 radical (unpaired) electrons. The largest absolute Gasteiger partial charge is 0.437 e. The highest BCUT2D eigenvalue weighted by Gasteiger charge is 2.13. The first-order valence-electron chi connectivity index (χ1n) is 4.73. The van der Waals surface area contributed by atoms with Gasteiger partial charge in [-0.3, -0.25) is 4.68 Å². The summed E-state index contributed by atoms with van der Waals surface area (Å²) in [5, 5.41) is 13.5. The van der Waals surface area contributed by atoms with Crippen LogP contribution >= 0.6 is 15.9 Å². The van der Waals surface area contributed by atoms with Gasteiger partial charge >= 0.3 is 7.05 Å². The van der Waals surface area contributed by atoms with Crippen molar-refractivity contribution in [3.63, 3.8) is 0 Å². The van der Waals surface area contributed by atoms with Gasteiger partial charge in [-0.2, -0.15) is 5.10 Å². The third-order valence-electron chi connectivity index (χ3n) is 2.15. The van der Waals surface area contributed by atoms with Gasteiger partial charge in [0.2, 0.25) is 0 Å². The van der Waals surface area contributed by atoms with Gasteiger partial charge in [-0.05, 0) is 29.3 Å². The van der Waals surface area contributed by atoms with Crippen molar-refractivity contribution in [1.82, 2.24) is 14.6 Å². The maximum atomic E-state index is 9.38. The average molecular weight is 260 g/mol. The van der Waals surface area contributed by atoms with E-state index in [-0.39, 0.29) is 7.05 Å². The van der Waals surface area contributed by atoms with Crippen molar-refractivity contribution in [1.29, 1.82) is 0 Å². The maximum Gasteiger partial charge on any atom is 0.376 e. The quantitative estimate of drug-likeness (QED) is 0.805. The summed E-state index contributed by atoms with van der Waals surface area (Å²) in [6.45, 7) is 6.26. The maximum absolute atomic E-state index is 9.38. The van der Waals surface area contributed by atoms with Gasteiger partial charge in [0.25, 0.3) is 0 Å². The summed E-state index contributed by atoms with van der Waals surface area (Å²) >= 11 is 3.34. The second-order valence-electron chi connectivity index (χ2n) is 3.18. The number of nitrogens with zero attached hydrogens (tertiary/aromatic N) is 3. The Morgan fingerprint density at radius 3 is 2.86 bits per heavy atom. The van der Waals surface area contributed by atoms with Crippen LogP contribution in [0.3, 0.4) is 0 Å². The lowest BCUT2D eigenvalue weighted by Gasteiger charge is -2.20. The summed E-state index contributed by atoms with van der Waals surface area (Å²) in [7, 11) is -0.390. The number of rotatable bonds is 5. The lowest BCUT2D eigenvalue weighted by atomic mass is 9.85. The molecule has 1 heterocycles. The minimum atomic E-state index is -0.390. The standard InChI is InChI=1S/C8H15BBrN3O/c1-3-12(9(2)14)4-5-13-7-8(10)6-11-13/h6-7,14H,3-5H2,1-2H3. The summed E-state index contributed by atoms with van der Waals surface area (Å²) in [5.41, 5.74) is 0. The molecule has 0 aliphatic heterocycles. The fourth-order valence-corrected chi connectivity index (χ4v) is 1.63.